The zero-order valence-electron chi connectivity index (χ0n) is 20.9. The number of esters is 2. The fourth-order valence-corrected chi connectivity index (χ4v) is 3.36. The van der Waals surface area contributed by atoms with Gasteiger partial charge in [-0.1, -0.05) is 25.6 Å². The normalized spacial score (nSPS) is 11.3. The average Bonchev–Trinajstić information content (AvgIpc) is 2.93. The molecule has 0 aliphatic heterocycles. The predicted octanol–water partition coefficient (Wildman–Crippen LogP) is 5.82. The van der Waals surface area contributed by atoms with Crippen molar-refractivity contribution >= 4 is 11.9 Å². The van der Waals surface area contributed by atoms with Gasteiger partial charge in [-0.2, -0.15) is 0 Å². The molecular weight excluding hydrogens is 472 g/mol. The maximum atomic E-state index is 12.4. The van der Waals surface area contributed by atoms with Crippen molar-refractivity contribution in [2.24, 2.45) is 0 Å². The fraction of sp³-hybridized carbons (Fsp3) is 0.267. The quantitative estimate of drug-likeness (QED) is 0.0973. The second-order valence-corrected chi connectivity index (χ2v) is 8.23. The Morgan fingerprint density at radius 3 is 2.11 bits per heavy atom. The van der Waals surface area contributed by atoms with Gasteiger partial charge in [-0.25, -0.2) is 9.59 Å². The number of hydrogen-bond donors (Lipinski definition) is 1. The number of rotatable bonds is 14. The van der Waals surface area contributed by atoms with Gasteiger partial charge in [0, 0.05) is 11.6 Å². The van der Waals surface area contributed by atoms with E-state index in [0.29, 0.717) is 41.6 Å². The first-order chi connectivity index (χ1) is 18.0. The van der Waals surface area contributed by atoms with E-state index in [1.807, 2.05) is 12.1 Å². The first-order valence-electron chi connectivity index (χ1n) is 12.3. The summed E-state index contributed by atoms with van der Waals surface area (Å²) in [5.41, 5.74) is 2.11. The SMILES string of the molecule is C=CC(=O)OCCCCCOc1ccc(C(O)Oc2ccc(C(=O)Oc3ccc(CC)cc3)cc2)cc1. The molecular formula is C30H32O7. The summed E-state index contributed by atoms with van der Waals surface area (Å²) in [5, 5.41) is 10.4. The highest BCUT2D eigenvalue weighted by molar-refractivity contribution is 5.91. The molecule has 0 saturated carbocycles. The fourth-order valence-electron chi connectivity index (χ4n) is 3.36. The van der Waals surface area contributed by atoms with Gasteiger partial charge in [-0.05, 0) is 91.9 Å². The highest BCUT2D eigenvalue weighted by Crippen LogP contribution is 2.23. The first-order valence-corrected chi connectivity index (χ1v) is 12.3. The van der Waals surface area contributed by atoms with Crippen molar-refractivity contribution in [2.45, 2.75) is 38.9 Å². The molecule has 0 saturated heterocycles. The van der Waals surface area contributed by atoms with E-state index in [2.05, 4.69) is 13.5 Å². The number of hydrogen-bond acceptors (Lipinski definition) is 7. The summed E-state index contributed by atoms with van der Waals surface area (Å²) in [6.45, 7) is 6.32. The van der Waals surface area contributed by atoms with Crippen LogP contribution in [0.1, 0.15) is 54.0 Å². The third-order valence-electron chi connectivity index (χ3n) is 5.51. The Morgan fingerprint density at radius 1 is 0.838 bits per heavy atom. The molecule has 3 aromatic carbocycles. The summed E-state index contributed by atoms with van der Waals surface area (Å²) < 4.78 is 21.6. The summed E-state index contributed by atoms with van der Waals surface area (Å²) in [7, 11) is 0. The Morgan fingerprint density at radius 2 is 1.46 bits per heavy atom. The number of carbonyl (C=O) groups excluding carboxylic acids is 2. The highest BCUT2D eigenvalue weighted by atomic mass is 16.6. The minimum atomic E-state index is -1.18. The van der Waals surface area contributed by atoms with E-state index in [4.69, 9.17) is 18.9 Å². The van der Waals surface area contributed by atoms with E-state index < -0.39 is 18.2 Å². The third kappa shape index (κ3) is 9.13. The molecule has 1 unspecified atom stereocenters. The maximum Gasteiger partial charge on any atom is 0.343 e. The van der Waals surface area contributed by atoms with Gasteiger partial charge >= 0.3 is 11.9 Å². The first kappa shape index (κ1) is 27.5. The van der Waals surface area contributed by atoms with Crippen molar-refractivity contribution in [3.8, 4) is 17.2 Å². The van der Waals surface area contributed by atoms with Crippen molar-refractivity contribution < 1.29 is 33.6 Å². The minimum absolute atomic E-state index is 0.373. The number of aryl methyl sites for hydroxylation is 1. The number of benzene rings is 3. The summed E-state index contributed by atoms with van der Waals surface area (Å²) in [5.74, 6) is 0.699. The lowest BCUT2D eigenvalue weighted by Gasteiger charge is -2.15. The van der Waals surface area contributed by atoms with E-state index in [1.165, 1.54) is 5.56 Å². The Kier molecular flexibility index (Phi) is 10.7. The summed E-state index contributed by atoms with van der Waals surface area (Å²) >= 11 is 0. The molecule has 0 fully saturated rings. The van der Waals surface area contributed by atoms with Gasteiger partial charge in [-0.3, -0.25) is 0 Å². The van der Waals surface area contributed by atoms with E-state index in [0.717, 1.165) is 31.8 Å². The molecule has 3 rings (SSSR count). The number of carbonyl (C=O) groups is 2. The second-order valence-electron chi connectivity index (χ2n) is 8.23. The Balaban J connectivity index is 1.41. The zero-order valence-corrected chi connectivity index (χ0v) is 20.9. The van der Waals surface area contributed by atoms with Gasteiger partial charge in [0.2, 0.25) is 6.29 Å². The molecule has 0 aliphatic carbocycles. The lowest BCUT2D eigenvalue weighted by atomic mass is 10.2. The zero-order chi connectivity index (χ0) is 26.5. The van der Waals surface area contributed by atoms with Crippen molar-refractivity contribution in [1.82, 2.24) is 0 Å². The number of unbranched alkanes of at least 4 members (excludes halogenated alkanes) is 2. The molecule has 3 aromatic rings. The third-order valence-corrected chi connectivity index (χ3v) is 5.51. The van der Waals surface area contributed by atoms with Crippen LogP contribution in [0.3, 0.4) is 0 Å². The summed E-state index contributed by atoms with van der Waals surface area (Å²) in [6.07, 6.45) is 3.35. The van der Waals surface area contributed by atoms with Crippen LogP contribution < -0.4 is 14.2 Å². The average molecular weight is 505 g/mol. The molecule has 7 nitrogen and oxygen atoms in total. The Hall–Kier alpha value is -4.10. The van der Waals surface area contributed by atoms with Crippen molar-refractivity contribution in [1.29, 1.82) is 0 Å². The number of ether oxygens (including phenoxy) is 4. The molecule has 194 valence electrons. The molecule has 0 heterocycles. The molecule has 37 heavy (non-hydrogen) atoms. The van der Waals surface area contributed by atoms with Gasteiger partial charge in [0.1, 0.15) is 17.2 Å². The topological polar surface area (TPSA) is 91.3 Å². The van der Waals surface area contributed by atoms with Crippen LogP contribution >= 0.6 is 0 Å². The molecule has 7 heteroatoms. The summed E-state index contributed by atoms with van der Waals surface area (Å²) in [4.78, 5) is 23.4. The lowest BCUT2D eigenvalue weighted by Crippen LogP contribution is -2.09. The van der Waals surface area contributed by atoms with E-state index in [9.17, 15) is 14.7 Å². The largest absolute Gasteiger partial charge is 0.494 e. The maximum absolute atomic E-state index is 12.4. The van der Waals surface area contributed by atoms with Gasteiger partial charge in [0.05, 0.1) is 18.8 Å². The second kappa shape index (κ2) is 14.5. The van der Waals surface area contributed by atoms with Crippen LogP contribution in [0.15, 0.2) is 85.5 Å². The van der Waals surface area contributed by atoms with E-state index >= 15 is 0 Å². The van der Waals surface area contributed by atoms with Crippen LogP contribution in [-0.2, 0) is 16.0 Å². The molecule has 1 N–H and O–H groups in total. The minimum Gasteiger partial charge on any atom is -0.494 e. The molecule has 0 aromatic heterocycles. The van der Waals surface area contributed by atoms with Crippen LogP contribution in [0.4, 0.5) is 0 Å². The molecule has 0 radical (unpaired) electrons. The smallest absolute Gasteiger partial charge is 0.343 e. The van der Waals surface area contributed by atoms with Gasteiger partial charge in [0.25, 0.3) is 0 Å². The monoisotopic (exact) mass is 504 g/mol. The van der Waals surface area contributed by atoms with Crippen LogP contribution in [0.2, 0.25) is 0 Å². The van der Waals surface area contributed by atoms with Crippen LogP contribution in [0, 0.1) is 0 Å². The van der Waals surface area contributed by atoms with Crippen molar-refractivity contribution in [3.63, 3.8) is 0 Å². The summed E-state index contributed by atoms with van der Waals surface area (Å²) in [6, 6.07) is 20.8. The number of aliphatic hydroxyl groups is 1. The Labute approximate surface area is 217 Å². The van der Waals surface area contributed by atoms with Crippen molar-refractivity contribution in [3.05, 3.63) is 102 Å². The molecule has 0 bridgehead atoms. The van der Waals surface area contributed by atoms with Crippen LogP contribution in [0.5, 0.6) is 17.2 Å². The molecule has 0 spiro atoms. The number of aliphatic hydroxyl groups excluding tert-OH is 1. The molecule has 0 aliphatic rings. The van der Waals surface area contributed by atoms with E-state index in [-0.39, 0.29) is 0 Å². The molecule has 1 atom stereocenters. The van der Waals surface area contributed by atoms with Gasteiger partial charge < -0.3 is 24.1 Å². The van der Waals surface area contributed by atoms with Crippen LogP contribution in [0.25, 0.3) is 0 Å². The highest BCUT2D eigenvalue weighted by Gasteiger charge is 2.12. The van der Waals surface area contributed by atoms with Gasteiger partial charge in [0.15, 0.2) is 0 Å². The van der Waals surface area contributed by atoms with E-state index in [1.54, 1.807) is 60.7 Å². The van der Waals surface area contributed by atoms with Crippen LogP contribution in [-0.4, -0.2) is 30.3 Å². The predicted molar refractivity (Wildman–Crippen MR) is 140 cm³/mol. The lowest BCUT2D eigenvalue weighted by molar-refractivity contribution is -0.137. The van der Waals surface area contributed by atoms with Gasteiger partial charge in [-0.15, -0.1) is 0 Å². The standard InChI is InChI=1S/C30H32O7/c1-3-22-8-14-26(15-9-22)36-30(33)24-12-18-27(19-13-24)37-29(32)23-10-16-25(17-11-23)34-20-6-5-7-21-35-28(31)4-2/h4,8-19,29,32H,2-3,5-7,20-21H2,1H3. The Bertz CT molecular complexity index is 1140. The van der Waals surface area contributed by atoms with Crippen molar-refractivity contribution in [2.75, 3.05) is 13.2 Å². The molecule has 0 amide bonds.